The van der Waals surface area contributed by atoms with Crippen LogP contribution < -0.4 is 0 Å². The normalized spacial score (nSPS) is 51.9. The molecule has 0 spiro atoms. The lowest BCUT2D eigenvalue weighted by Gasteiger charge is -2.34. The highest BCUT2D eigenvalue weighted by molar-refractivity contribution is 5.16. The van der Waals surface area contributed by atoms with Gasteiger partial charge in [-0.2, -0.15) is 0 Å². The molecular formula is C12H20FN. The summed E-state index contributed by atoms with van der Waals surface area (Å²) in [7, 11) is 0. The first-order chi connectivity index (χ1) is 6.48. The molecule has 0 aromatic heterocycles. The number of hydrogen-bond acceptors (Lipinski definition) is 1. The Morgan fingerprint density at radius 2 is 1.86 bits per heavy atom. The summed E-state index contributed by atoms with van der Waals surface area (Å²) in [5, 5.41) is 0. The topological polar surface area (TPSA) is 3.24 Å². The third-order valence-electron chi connectivity index (χ3n) is 4.44. The van der Waals surface area contributed by atoms with Crippen molar-refractivity contribution in [2.45, 2.75) is 51.9 Å². The Labute approximate surface area is 85.7 Å². The fraction of sp³-hybridized carbons (Fsp3) is 1.00. The first-order valence-corrected chi connectivity index (χ1v) is 5.88. The van der Waals surface area contributed by atoms with E-state index in [1.807, 2.05) is 0 Å². The highest BCUT2D eigenvalue weighted by Gasteiger charge is 2.63. The zero-order valence-corrected chi connectivity index (χ0v) is 9.33. The van der Waals surface area contributed by atoms with Crippen molar-refractivity contribution in [2.75, 3.05) is 6.54 Å². The number of hydrogen-bond donors (Lipinski definition) is 0. The Kier molecular flexibility index (Phi) is 1.65. The molecule has 5 unspecified atom stereocenters. The third kappa shape index (κ3) is 1.09. The van der Waals surface area contributed by atoms with Gasteiger partial charge >= 0.3 is 0 Å². The number of halogens is 1. The molecule has 14 heavy (non-hydrogen) atoms. The van der Waals surface area contributed by atoms with Crippen molar-refractivity contribution in [3.8, 4) is 0 Å². The summed E-state index contributed by atoms with van der Waals surface area (Å²) in [5.74, 6) is 1.64. The standard InChI is InChI=1S/C12H20FN/c1-12(2,3)11-8-5-9(8)14-6-7(13)4-10(11)14/h7-11H,4-6H2,1-3H3. The molecule has 0 amide bonds. The van der Waals surface area contributed by atoms with Gasteiger partial charge in [-0.1, -0.05) is 20.8 Å². The highest BCUT2D eigenvalue weighted by atomic mass is 19.1. The second-order valence-corrected chi connectivity index (χ2v) is 6.46. The summed E-state index contributed by atoms with van der Waals surface area (Å²) in [6.45, 7) is 7.69. The van der Waals surface area contributed by atoms with Crippen LogP contribution in [0.2, 0.25) is 0 Å². The Morgan fingerprint density at radius 3 is 2.50 bits per heavy atom. The van der Waals surface area contributed by atoms with Gasteiger partial charge in [0.2, 0.25) is 0 Å². The van der Waals surface area contributed by atoms with Crippen LogP contribution in [-0.2, 0) is 0 Å². The molecule has 3 rings (SSSR count). The minimum absolute atomic E-state index is 0.364. The van der Waals surface area contributed by atoms with Gasteiger partial charge in [-0.15, -0.1) is 0 Å². The monoisotopic (exact) mass is 197 g/mol. The lowest BCUT2D eigenvalue weighted by atomic mass is 9.74. The Balaban J connectivity index is 1.86. The highest BCUT2D eigenvalue weighted by Crippen LogP contribution is 2.60. The summed E-state index contributed by atoms with van der Waals surface area (Å²) in [5.41, 5.74) is 0.364. The van der Waals surface area contributed by atoms with Crippen LogP contribution in [0.5, 0.6) is 0 Å². The summed E-state index contributed by atoms with van der Waals surface area (Å²) in [4.78, 5) is 2.46. The molecule has 2 heteroatoms. The van der Waals surface area contributed by atoms with E-state index < -0.39 is 6.17 Å². The van der Waals surface area contributed by atoms with Crippen molar-refractivity contribution in [3.05, 3.63) is 0 Å². The van der Waals surface area contributed by atoms with Gasteiger partial charge in [-0.25, -0.2) is 4.39 Å². The predicted octanol–water partition coefficient (Wildman–Crippen LogP) is 2.46. The van der Waals surface area contributed by atoms with E-state index in [-0.39, 0.29) is 0 Å². The van der Waals surface area contributed by atoms with Gasteiger partial charge in [0.15, 0.2) is 0 Å². The van der Waals surface area contributed by atoms with Gasteiger partial charge in [0, 0.05) is 18.6 Å². The van der Waals surface area contributed by atoms with Gasteiger partial charge in [0.05, 0.1) is 0 Å². The molecule has 2 heterocycles. The molecule has 3 fully saturated rings. The van der Waals surface area contributed by atoms with Gasteiger partial charge in [-0.3, -0.25) is 4.90 Å². The molecule has 2 saturated heterocycles. The maximum absolute atomic E-state index is 13.4. The maximum Gasteiger partial charge on any atom is 0.114 e. The molecule has 3 aliphatic rings. The minimum Gasteiger partial charge on any atom is -0.294 e. The van der Waals surface area contributed by atoms with E-state index in [9.17, 15) is 4.39 Å². The van der Waals surface area contributed by atoms with Crippen LogP contribution in [0.4, 0.5) is 4.39 Å². The van der Waals surface area contributed by atoms with Crippen molar-refractivity contribution < 1.29 is 4.39 Å². The molecule has 0 bridgehead atoms. The Morgan fingerprint density at radius 1 is 1.14 bits per heavy atom. The molecule has 80 valence electrons. The van der Waals surface area contributed by atoms with Crippen LogP contribution in [0, 0.1) is 17.3 Å². The van der Waals surface area contributed by atoms with E-state index in [1.54, 1.807) is 0 Å². The van der Waals surface area contributed by atoms with Gasteiger partial charge in [0.25, 0.3) is 0 Å². The SMILES string of the molecule is CC(C)(C)C1C2CC2N2CC(F)CC12. The second-order valence-electron chi connectivity index (χ2n) is 6.46. The predicted molar refractivity (Wildman–Crippen MR) is 54.8 cm³/mol. The fourth-order valence-corrected chi connectivity index (χ4v) is 4.04. The van der Waals surface area contributed by atoms with E-state index in [0.29, 0.717) is 11.5 Å². The molecule has 0 radical (unpaired) electrons. The molecule has 5 atom stereocenters. The molecule has 1 saturated carbocycles. The smallest absolute Gasteiger partial charge is 0.114 e. The van der Waals surface area contributed by atoms with Gasteiger partial charge in [0.1, 0.15) is 6.17 Å². The average molecular weight is 197 g/mol. The summed E-state index contributed by atoms with van der Waals surface area (Å²) in [6.07, 6.45) is 1.59. The van der Waals surface area contributed by atoms with Crippen molar-refractivity contribution in [1.82, 2.24) is 4.90 Å². The first-order valence-electron chi connectivity index (χ1n) is 5.88. The van der Waals surface area contributed by atoms with E-state index in [4.69, 9.17) is 0 Å². The number of nitrogens with zero attached hydrogens (tertiary/aromatic N) is 1. The summed E-state index contributed by atoms with van der Waals surface area (Å²) < 4.78 is 13.4. The largest absolute Gasteiger partial charge is 0.294 e. The maximum atomic E-state index is 13.4. The van der Waals surface area contributed by atoms with E-state index in [1.165, 1.54) is 6.42 Å². The lowest BCUT2D eigenvalue weighted by Crippen LogP contribution is -2.36. The molecule has 1 nitrogen and oxygen atoms in total. The number of piperidine rings is 1. The van der Waals surface area contributed by atoms with Crippen LogP contribution in [0.1, 0.15) is 33.6 Å². The Bertz CT molecular complexity index is 258. The summed E-state index contributed by atoms with van der Waals surface area (Å²) in [6, 6.07) is 1.32. The minimum atomic E-state index is -0.550. The average Bonchev–Trinajstić information content (AvgIpc) is 2.57. The molecule has 2 aliphatic heterocycles. The van der Waals surface area contributed by atoms with Gasteiger partial charge < -0.3 is 0 Å². The van der Waals surface area contributed by atoms with E-state index >= 15 is 0 Å². The molecule has 0 N–H and O–H groups in total. The molecule has 0 aromatic rings. The quantitative estimate of drug-likeness (QED) is 0.576. The van der Waals surface area contributed by atoms with Crippen molar-refractivity contribution in [3.63, 3.8) is 0 Å². The zero-order valence-electron chi connectivity index (χ0n) is 9.33. The third-order valence-corrected chi connectivity index (χ3v) is 4.44. The first kappa shape index (κ1) is 9.14. The fourth-order valence-electron chi connectivity index (χ4n) is 4.04. The van der Waals surface area contributed by atoms with Crippen molar-refractivity contribution in [2.24, 2.45) is 17.3 Å². The van der Waals surface area contributed by atoms with E-state index in [2.05, 4.69) is 25.7 Å². The van der Waals surface area contributed by atoms with Crippen LogP contribution in [0.25, 0.3) is 0 Å². The number of alkyl halides is 1. The van der Waals surface area contributed by atoms with Crippen molar-refractivity contribution >= 4 is 0 Å². The molecule has 0 aromatic carbocycles. The van der Waals surface area contributed by atoms with Crippen molar-refractivity contribution in [1.29, 1.82) is 0 Å². The number of fused-ring (bicyclic) bond motifs is 3. The molecular weight excluding hydrogens is 177 g/mol. The number of rotatable bonds is 0. The van der Waals surface area contributed by atoms with Crippen LogP contribution in [-0.4, -0.2) is 29.7 Å². The zero-order chi connectivity index (χ0) is 10.1. The molecule has 1 aliphatic carbocycles. The van der Waals surface area contributed by atoms with Gasteiger partial charge in [-0.05, 0) is 30.1 Å². The lowest BCUT2D eigenvalue weighted by molar-refractivity contribution is 0.142. The Hall–Kier alpha value is -0.110. The van der Waals surface area contributed by atoms with Crippen LogP contribution in [0.3, 0.4) is 0 Å². The van der Waals surface area contributed by atoms with Crippen LogP contribution in [0.15, 0.2) is 0 Å². The van der Waals surface area contributed by atoms with E-state index in [0.717, 1.165) is 30.8 Å². The summed E-state index contributed by atoms with van der Waals surface area (Å²) >= 11 is 0. The second kappa shape index (κ2) is 2.52. The van der Waals surface area contributed by atoms with Crippen LogP contribution >= 0.6 is 0 Å².